The molecule has 2 N–H and O–H groups in total. The number of carboxylic acids is 2. The SMILES string of the molecule is Cc1cc(F)c(F)cc1CC(CC(=O)O)C(=O)O. The number of hydrogen-bond acceptors (Lipinski definition) is 2. The molecule has 18 heavy (non-hydrogen) atoms. The normalized spacial score (nSPS) is 12.2. The predicted octanol–water partition coefficient (Wildman–Crippen LogP) is 1.99. The molecule has 0 bridgehead atoms. The quantitative estimate of drug-likeness (QED) is 0.847. The molecule has 6 heteroatoms. The summed E-state index contributed by atoms with van der Waals surface area (Å²) in [6.07, 6.45) is -0.710. The second-order valence-corrected chi connectivity index (χ2v) is 4.03. The van der Waals surface area contributed by atoms with E-state index >= 15 is 0 Å². The van der Waals surface area contributed by atoms with Gasteiger partial charge in [-0.3, -0.25) is 9.59 Å². The van der Waals surface area contributed by atoms with Gasteiger partial charge in [-0.05, 0) is 36.6 Å². The van der Waals surface area contributed by atoms with Crippen molar-refractivity contribution in [3.8, 4) is 0 Å². The summed E-state index contributed by atoms with van der Waals surface area (Å²) in [5, 5.41) is 17.4. The van der Waals surface area contributed by atoms with Gasteiger partial charge < -0.3 is 10.2 Å². The van der Waals surface area contributed by atoms with Crippen molar-refractivity contribution in [2.24, 2.45) is 5.92 Å². The van der Waals surface area contributed by atoms with E-state index in [1.54, 1.807) is 0 Å². The maximum atomic E-state index is 13.0. The first kappa shape index (κ1) is 14.1. The van der Waals surface area contributed by atoms with Crippen LogP contribution in [-0.2, 0) is 16.0 Å². The lowest BCUT2D eigenvalue weighted by Crippen LogP contribution is -2.20. The molecule has 0 radical (unpaired) electrons. The minimum atomic E-state index is -1.28. The average Bonchev–Trinajstić information content (AvgIpc) is 2.23. The number of aliphatic carboxylic acids is 2. The van der Waals surface area contributed by atoms with Crippen molar-refractivity contribution < 1.29 is 28.6 Å². The van der Waals surface area contributed by atoms with Crippen LogP contribution in [0.5, 0.6) is 0 Å². The maximum absolute atomic E-state index is 13.0. The van der Waals surface area contributed by atoms with Gasteiger partial charge in [-0.15, -0.1) is 0 Å². The molecule has 1 aromatic rings. The number of carboxylic acid groups (broad SMARTS) is 2. The Bertz CT molecular complexity index is 485. The summed E-state index contributed by atoms with van der Waals surface area (Å²) in [5.74, 6) is -5.77. The number of halogens is 2. The summed E-state index contributed by atoms with van der Waals surface area (Å²) in [6.45, 7) is 1.51. The summed E-state index contributed by atoms with van der Waals surface area (Å²) in [7, 11) is 0. The van der Waals surface area contributed by atoms with Crippen LogP contribution in [0.1, 0.15) is 17.5 Å². The molecule has 0 saturated carbocycles. The number of rotatable bonds is 5. The van der Waals surface area contributed by atoms with Gasteiger partial charge >= 0.3 is 11.9 Å². The summed E-state index contributed by atoms with van der Waals surface area (Å²) >= 11 is 0. The highest BCUT2D eigenvalue weighted by Crippen LogP contribution is 2.19. The van der Waals surface area contributed by atoms with E-state index in [4.69, 9.17) is 10.2 Å². The van der Waals surface area contributed by atoms with E-state index in [9.17, 15) is 18.4 Å². The number of benzene rings is 1. The highest BCUT2D eigenvalue weighted by atomic mass is 19.2. The first-order valence-electron chi connectivity index (χ1n) is 5.20. The Labute approximate surface area is 102 Å². The Hall–Kier alpha value is -1.98. The van der Waals surface area contributed by atoms with Gasteiger partial charge in [0, 0.05) is 0 Å². The molecule has 0 heterocycles. The Morgan fingerprint density at radius 1 is 1.22 bits per heavy atom. The zero-order valence-electron chi connectivity index (χ0n) is 9.61. The lowest BCUT2D eigenvalue weighted by atomic mass is 9.93. The van der Waals surface area contributed by atoms with Gasteiger partial charge in [-0.2, -0.15) is 0 Å². The monoisotopic (exact) mass is 258 g/mol. The molecular weight excluding hydrogens is 246 g/mol. The van der Waals surface area contributed by atoms with Crippen LogP contribution in [0.25, 0.3) is 0 Å². The third-order valence-corrected chi connectivity index (χ3v) is 2.62. The lowest BCUT2D eigenvalue weighted by Gasteiger charge is -2.12. The molecular formula is C12H12F2O4. The first-order valence-corrected chi connectivity index (χ1v) is 5.20. The molecule has 0 aromatic heterocycles. The van der Waals surface area contributed by atoms with Crippen molar-refractivity contribution in [1.82, 2.24) is 0 Å². The lowest BCUT2D eigenvalue weighted by molar-refractivity contribution is -0.148. The van der Waals surface area contributed by atoms with Crippen LogP contribution >= 0.6 is 0 Å². The Morgan fingerprint density at radius 3 is 2.28 bits per heavy atom. The fraction of sp³-hybridized carbons (Fsp3) is 0.333. The van der Waals surface area contributed by atoms with Gasteiger partial charge in [-0.25, -0.2) is 8.78 Å². The van der Waals surface area contributed by atoms with Crippen LogP contribution in [0, 0.1) is 24.5 Å². The van der Waals surface area contributed by atoms with Crippen LogP contribution in [0.3, 0.4) is 0 Å². The standard InChI is InChI=1S/C12H12F2O4/c1-6-2-9(13)10(14)4-7(6)3-8(12(17)18)5-11(15)16/h2,4,8H,3,5H2,1H3,(H,15,16)(H,17,18). The van der Waals surface area contributed by atoms with Crippen molar-refractivity contribution in [3.63, 3.8) is 0 Å². The maximum Gasteiger partial charge on any atom is 0.307 e. The number of carbonyl (C=O) groups is 2. The van der Waals surface area contributed by atoms with Gasteiger partial charge in [0.25, 0.3) is 0 Å². The number of hydrogen-bond donors (Lipinski definition) is 2. The Morgan fingerprint density at radius 2 is 1.78 bits per heavy atom. The molecule has 1 rings (SSSR count). The number of aryl methyl sites for hydroxylation is 1. The molecule has 0 aliphatic heterocycles. The van der Waals surface area contributed by atoms with Crippen molar-refractivity contribution in [2.45, 2.75) is 19.8 Å². The summed E-state index contributed by atoms with van der Waals surface area (Å²) in [5.41, 5.74) is 0.688. The van der Waals surface area contributed by atoms with E-state index < -0.39 is 35.9 Å². The molecule has 0 aliphatic carbocycles. The van der Waals surface area contributed by atoms with Gasteiger partial charge in [0.05, 0.1) is 12.3 Å². The van der Waals surface area contributed by atoms with Crippen LogP contribution in [0.15, 0.2) is 12.1 Å². The first-order chi connectivity index (χ1) is 8.31. The van der Waals surface area contributed by atoms with Gasteiger partial charge in [0.2, 0.25) is 0 Å². The molecule has 4 nitrogen and oxygen atoms in total. The van der Waals surface area contributed by atoms with Crippen LogP contribution in [0.2, 0.25) is 0 Å². The van der Waals surface area contributed by atoms with Crippen molar-refractivity contribution in [1.29, 1.82) is 0 Å². The van der Waals surface area contributed by atoms with Crippen LogP contribution < -0.4 is 0 Å². The highest BCUT2D eigenvalue weighted by molar-refractivity contribution is 5.78. The average molecular weight is 258 g/mol. The van der Waals surface area contributed by atoms with Crippen molar-refractivity contribution in [3.05, 3.63) is 34.9 Å². The van der Waals surface area contributed by atoms with Gasteiger partial charge in [-0.1, -0.05) is 0 Å². The van der Waals surface area contributed by atoms with E-state index in [0.29, 0.717) is 11.1 Å². The summed E-state index contributed by atoms with van der Waals surface area (Å²) < 4.78 is 25.9. The summed E-state index contributed by atoms with van der Waals surface area (Å²) in [6, 6.07) is 1.87. The largest absolute Gasteiger partial charge is 0.481 e. The molecule has 0 amide bonds. The molecule has 1 aromatic carbocycles. The molecule has 0 saturated heterocycles. The highest BCUT2D eigenvalue weighted by Gasteiger charge is 2.22. The van der Waals surface area contributed by atoms with Gasteiger partial charge in [0.1, 0.15) is 0 Å². The fourth-order valence-electron chi connectivity index (χ4n) is 1.63. The molecule has 0 fully saturated rings. The minimum absolute atomic E-state index is 0.148. The fourth-order valence-corrected chi connectivity index (χ4v) is 1.63. The molecule has 98 valence electrons. The van der Waals surface area contributed by atoms with Crippen LogP contribution in [0.4, 0.5) is 8.78 Å². The Balaban J connectivity index is 2.97. The van der Waals surface area contributed by atoms with Crippen molar-refractivity contribution >= 4 is 11.9 Å². The molecule has 1 atom stereocenters. The zero-order valence-corrected chi connectivity index (χ0v) is 9.61. The minimum Gasteiger partial charge on any atom is -0.481 e. The van der Waals surface area contributed by atoms with E-state index in [1.807, 2.05) is 0 Å². The molecule has 0 aliphatic rings. The second kappa shape index (κ2) is 5.57. The second-order valence-electron chi connectivity index (χ2n) is 4.03. The smallest absolute Gasteiger partial charge is 0.307 e. The van der Waals surface area contributed by atoms with E-state index in [0.717, 1.165) is 12.1 Å². The molecule has 1 unspecified atom stereocenters. The van der Waals surface area contributed by atoms with E-state index in [2.05, 4.69) is 0 Å². The topological polar surface area (TPSA) is 74.6 Å². The third-order valence-electron chi connectivity index (χ3n) is 2.62. The third kappa shape index (κ3) is 3.51. The van der Waals surface area contributed by atoms with Crippen molar-refractivity contribution in [2.75, 3.05) is 0 Å². The predicted molar refractivity (Wildman–Crippen MR) is 58.2 cm³/mol. The van der Waals surface area contributed by atoms with E-state index in [1.165, 1.54) is 6.92 Å². The zero-order chi connectivity index (χ0) is 13.9. The van der Waals surface area contributed by atoms with Gasteiger partial charge in [0.15, 0.2) is 11.6 Å². The Kier molecular flexibility index (Phi) is 4.36. The van der Waals surface area contributed by atoms with Crippen LogP contribution in [-0.4, -0.2) is 22.2 Å². The molecule has 0 spiro atoms. The van der Waals surface area contributed by atoms with E-state index in [-0.39, 0.29) is 6.42 Å². The summed E-state index contributed by atoms with van der Waals surface area (Å²) in [4.78, 5) is 21.4.